The molecule has 2 rings (SSSR count). The molecule has 0 bridgehead atoms. The van der Waals surface area contributed by atoms with E-state index in [9.17, 15) is 4.79 Å². The van der Waals surface area contributed by atoms with Gasteiger partial charge in [-0.3, -0.25) is 4.79 Å². The van der Waals surface area contributed by atoms with Gasteiger partial charge in [-0.25, -0.2) is 0 Å². The van der Waals surface area contributed by atoms with Crippen molar-refractivity contribution in [3.05, 3.63) is 24.0 Å². The van der Waals surface area contributed by atoms with Crippen LogP contribution in [0.4, 0.5) is 0 Å². The maximum absolute atomic E-state index is 12.0. The lowest BCUT2D eigenvalue weighted by Gasteiger charge is -2.23. The van der Waals surface area contributed by atoms with Crippen LogP contribution in [0.25, 0.3) is 0 Å². The Morgan fingerprint density at radius 3 is 2.85 bits per heavy atom. The highest BCUT2D eigenvalue weighted by Gasteiger charge is 2.17. The third-order valence-electron chi connectivity index (χ3n) is 3.79. The summed E-state index contributed by atoms with van der Waals surface area (Å²) in [5.41, 5.74) is 7.19. The van der Waals surface area contributed by atoms with E-state index >= 15 is 0 Å². The molecule has 112 valence electrons. The van der Waals surface area contributed by atoms with Crippen molar-refractivity contribution in [2.75, 3.05) is 13.2 Å². The van der Waals surface area contributed by atoms with E-state index in [0.717, 1.165) is 31.6 Å². The summed E-state index contributed by atoms with van der Waals surface area (Å²) < 4.78 is 7.18. The second-order valence-electron chi connectivity index (χ2n) is 5.84. The maximum Gasteiger partial charge on any atom is 0.240 e. The molecule has 0 radical (unpaired) electrons. The van der Waals surface area contributed by atoms with Crippen LogP contribution in [0.2, 0.25) is 0 Å². The van der Waals surface area contributed by atoms with Gasteiger partial charge >= 0.3 is 0 Å². The Kier molecular flexibility index (Phi) is 5.20. The van der Waals surface area contributed by atoms with Crippen molar-refractivity contribution in [1.29, 1.82) is 0 Å². The fourth-order valence-electron chi connectivity index (χ4n) is 2.42. The standard InChI is InChI=1S/C15H25N3O2/c1-11(2)15(16)12-3-6-18(9-12)10-14(19)17-13-4-7-20-8-5-13/h3,6,9,11,13,15H,4-5,7-8,10,16H2,1-2H3,(H,17,19). The van der Waals surface area contributed by atoms with E-state index in [1.54, 1.807) is 0 Å². The fourth-order valence-corrected chi connectivity index (χ4v) is 2.42. The first kappa shape index (κ1) is 15.1. The molecule has 1 aromatic heterocycles. The smallest absolute Gasteiger partial charge is 0.240 e. The lowest BCUT2D eigenvalue weighted by molar-refractivity contribution is -0.122. The van der Waals surface area contributed by atoms with Crippen LogP contribution in [0.15, 0.2) is 18.5 Å². The summed E-state index contributed by atoms with van der Waals surface area (Å²) in [5.74, 6) is 0.444. The molecule has 1 aliphatic heterocycles. The molecular weight excluding hydrogens is 254 g/mol. The molecule has 5 nitrogen and oxygen atoms in total. The number of rotatable bonds is 5. The average Bonchev–Trinajstić information content (AvgIpc) is 2.87. The van der Waals surface area contributed by atoms with E-state index in [0.29, 0.717) is 12.5 Å². The predicted molar refractivity (Wildman–Crippen MR) is 78.2 cm³/mol. The minimum atomic E-state index is 0.0230. The van der Waals surface area contributed by atoms with E-state index < -0.39 is 0 Å². The van der Waals surface area contributed by atoms with Crippen LogP contribution in [0.3, 0.4) is 0 Å². The van der Waals surface area contributed by atoms with Crippen LogP contribution >= 0.6 is 0 Å². The van der Waals surface area contributed by atoms with Gasteiger partial charge in [0.25, 0.3) is 0 Å². The summed E-state index contributed by atoms with van der Waals surface area (Å²) in [6.45, 7) is 6.02. The molecule has 5 heteroatoms. The zero-order valence-electron chi connectivity index (χ0n) is 12.3. The van der Waals surface area contributed by atoms with E-state index in [2.05, 4.69) is 19.2 Å². The second kappa shape index (κ2) is 6.90. The topological polar surface area (TPSA) is 69.3 Å². The van der Waals surface area contributed by atoms with Gasteiger partial charge < -0.3 is 20.4 Å². The SMILES string of the molecule is CC(C)C(N)c1ccn(CC(=O)NC2CCOCC2)c1. The molecule has 2 heterocycles. The summed E-state index contributed by atoms with van der Waals surface area (Å²) in [5, 5.41) is 3.06. The van der Waals surface area contributed by atoms with E-state index in [4.69, 9.17) is 10.5 Å². The zero-order chi connectivity index (χ0) is 14.5. The van der Waals surface area contributed by atoms with Crippen LogP contribution < -0.4 is 11.1 Å². The van der Waals surface area contributed by atoms with Gasteiger partial charge in [0.2, 0.25) is 5.91 Å². The first-order chi connectivity index (χ1) is 9.56. The highest BCUT2D eigenvalue weighted by molar-refractivity contribution is 5.76. The minimum absolute atomic E-state index is 0.0230. The Bertz CT molecular complexity index is 436. The maximum atomic E-state index is 12.0. The lowest BCUT2D eigenvalue weighted by atomic mass is 10.00. The Morgan fingerprint density at radius 1 is 1.50 bits per heavy atom. The molecule has 1 amide bonds. The first-order valence-corrected chi connectivity index (χ1v) is 7.34. The molecule has 0 saturated carbocycles. The average molecular weight is 279 g/mol. The molecule has 20 heavy (non-hydrogen) atoms. The fraction of sp³-hybridized carbons (Fsp3) is 0.667. The molecular formula is C15H25N3O2. The van der Waals surface area contributed by atoms with Gasteiger partial charge in [0.05, 0.1) is 0 Å². The summed E-state index contributed by atoms with van der Waals surface area (Å²) in [6, 6.07) is 2.27. The number of carbonyl (C=O) groups is 1. The highest BCUT2D eigenvalue weighted by atomic mass is 16.5. The van der Waals surface area contributed by atoms with Crippen molar-refractivity contribution < 1.29 is 9.53 Å². The van der Waals surface area contributed by atoms with Gasteiger partial charge in [-0.2, -0.15) is 0 Å². The highest BCUT2D eigenvalue weighted by Crippen LogP contribution is 2.18. The molecule has 1 aliphatic rings. The van der Waals surface area contributed by atoms with Crippen LogP contribution in [-0.4, -0.2) is 29.7 Å². The number of carbonyl (C=O) groups excluding carboxylic acids is 1. The number of aromatic nitrogens is 1. The third kappa shape index (κ3) is 4.08. The van der Waals surface area contributed by atoms with Crippen molar-refractivity contribution in [1.82, 2.24) is 9.88 Å². The largest absolute Gasteiger partial charge is 0.381 e. The summed E-state index contributed by atoms with van der Waals surface area (Å²) in [7, 11) is 0. The first-order valence-electron chi connectivity index (χ1n) is 7.34. The number of hydrogen-bond acceptors (Lipinski definition) is 3. The zero-order valence-corrected chi connectivity index (χ0v) is 12.3. The molecule has 1 fully saturated rings. The third-order valence-corrected chi connectivity index (χ3v) is 3.79. The van der Waals surface area contributed by atoms with E-state index in [-0.39, 0.29) is 18.0 Å². The van der Waals surface area contributed by atoms with Crippen molar-refractivity contribution in [2.24, 2.45) is 11.7 Å². The molecule has 0 aliphatic carbocycles. The number of amides is 1. The summed E-state index contributed by atoms with van der Waals surface area (Å²) in [6.07, 6.45) is 5.69. The second-order valence-corrected chi connectivity index (χ2v) is 5.84. The molecule has 0 spiro atoms. The quantitative estimate of drug-likeness (QED) is 0.857. The summed E-state index contributed by atoms with van der Waals surface area (Å²) >= 11 is 0. The number of nitrogens with zero attached hydrogens (tertiary/aromatic N) is 1. The molecule has 3 N–H and O–H groups in total. The van der Waals surface area contributed by atoms with Gasteiger partial charge in [0, 0.05) is 37.7 Å². The van der Waals surface area contributed by atoms with Crippen LogP contribution in [-0.2, 0) is 16.1 Å². The monoisotopic (exact) mass is 279 g/mol. The Balaban J connectivity index is 1.85. The Hall–Kier alpha value is -1.33. The molecule has 1 saturated heterocycles. The van der Waals surface area contributed by atoms with Gasteiger partial charge in [-0.05, 0) is 30.4 Å². The van der Waals surface area contributed by atoms with Gasteiger partial charge in [-0.15, -0.1) is 0 Å². The lowest BCUT2D eigenvalue weighted by Crippen LogP contribution is -2.40. The van der Waals surface area contributed by atoms with Gasteiger partial charge in [0.1, 0.15) is 6.54 Å². The van der Waals surface area contributed by atoms with Crippen LogP contribution in [0, 0.1) is 5.92 Å². The minimum Gasteiger partial charge on any atom is -0.381 e. The van der Waals surface area contributed by atoms with Crippen LogP contribution in [0.5, 0.6) is 0 Å². The van der Waals surface area contributed by atoms with E-state index in [1.807, 2.05) is 23.0 Å². The molecule has 1 unspecified atom stereocenters. The van der Waals surface area contributed by atoms with Crippen molar-refractivity contribution >= 4 is 5.91 Å². The van der Waals surface area contributed by atoms with Gasteiger partial charge in [0.15, 0.2) is 0 Å². The number of ether oxygens (including phenoxy) is 1. The predicted octanol–water partition coefficient (Wildman–Crippen LogP) is 1.44. The summed E-state index contributed by atoms with van der Waals surface area (Å²) in [4.78, 5) is 12.0. The molecule has 1 atom stereocenters. The number of nitrogens with one attached hydrogen (secondary N) is 1. The van der Waals surface area contributed by atoms with Crippen molar-refractivity contribution in [3.63, 3.8) is 0 Å². The van der Waals surface area contributed by atoms with Crippen molar-refractivity contribution in [2.45, 2.75) is 45.3 Å². The van der Waals surface area contributed by atoms with Gasteiger partial charge in [-0.1, -0.05) is 13.8 Å². The normalized spacial score (nSPS) is 18.2. The Morgan fingerprint density at radius 2 is 2.20 bits per heavy atom. The molecule has 1 aromatic rings. The molecule has 0 aromatic carbocycles. The van der Waals surface area contributed by atoms with Crippen molar-refractivity contribution in [3.8, 4) is 0 Å². The van der Waals surface area contributed by atoms with E-state index in [1.165, 1.54) is 0 Å². The Labute approximate surface area is 120 Å². The number of nitrogens with two attached hydrogens (primary N) is 1. The number of hydrogen-bond donors (Lipinski definition) is 2. The van der Waals surface area contributed by atoms with Crippen LogP contribution in [0.1, 0.15) is 38.3 Å².